The average molecular weight is 640 g/mol. The summed E-state index contributed by atoms with van der Waals surface area (Å²) in [4.78, 5) is 16.1. The molecule has 1 fully saturated rings. The fourth-order valence-corrected chi connectivity index (χ4v) is 6.10. The number of alkyl halides is 3. The lowest BCUT2D eigenvalue weighted by Gasteiger charge is -2.37. The maximum absolute atomic E-state index is 13.9. The second kappa shape index (κ2) is 13.3. The van der Waals surface area contributed by atoms with Gasteiger partial charge in [-0.05, 0) is 60.5 Å². The quantitative estimate of drug-likeness (QED) is 0.298. The van der Waals surface area contributed by atoms with Crippen molar-refractivity contribution in [2.45, 2.75) is 17.5 Å². The average Bonchev–Trinajstić information content (AvgIpc) is 3.02. The van der Waals surface area contributed by atoms with E-state index in [1.165, 1.54) is 49.7 Å². The molecular weight excluding hydrogens is 606 g/mol. The van der Waals surface area contributed by atoms with E-state index in [-0.39, 0.29) is 37.6 Å². The van der Waals surface area contributed by atoms with Crippen molar-refractivity contribution in [3.63, 3.8) is 0 Å². The summed E-state index contributed by atoms with van der Waals surface area (Å²) < 4.78 is 97.6. The molecule has 14 heteroatoms. The number of amides is 1. The van der Waals surface area contributed by atoms with Crippen LogP contribution in [0.15, 0.2) is 59.5 Å². The van der Waals surface area contributed by atoms with Gasteiger partial charge in [-0.3, -0.25) is 4.79 Å². The van der Waals surface area contributed by atoms with Gasteiger partial charge >= 0.3 is 6.18 Å². The summed E-state index contributed by atoms with van der Waals surface area (Å²) >= 11 is 0. The Morgan fingerprint density at radius 1 is 0.864 bits per heavy atom. The molecule has 1 saturated heterocycles. The molecule has 3 aromatic carbocycles. The number of methoxy groups -OCH3 is 3. The van der Waals surface area contributed by atoms with Crippen molar-refractivity contribution in [2.75, 3.05) is 66.0 Å². The monoisotopic (exact) mass is 639 g/mol. The Hall–Kier alpha value is -4.04. The number of carbonyl (C=O) groups is 1. The second-order valence-electron chi connectivity index (χ2n) is 10.1. The number of ether oxygens (including phenoxy) is 3. The number of anilines is 1. The molecule has 0 unspecified atom stereocenters. The van der Waals surface area contributed by atoms with Gasteiger partial charge in [-0.15, -0.1) is 0 Å². The molecule has 0 N–H and O–H groups in total. The van der Waals surface area contributed by atoms with Crippen LogP contribution in [0, 0.1) is 5.82 Å². The van der Waals surface area contributed by atoms with Gasteiger partial charge in [-0.1, -0.05) is 6.07 Å². The first-order valence-electron chi connectivity index (χ1n) is 13.6. The fourth-order valence-electron chi connectivity index (χ4n) is 4.91. The topological polar surface area (TPSA) is 88.6 Å². The highest BCUT2D eigenvalue weighted by atomic mass is 32.2. The number of hydrogen-bond donors (Lipinski definition) is 0. The molecular formula is C30H33F4N3O6S. The number of sulfonamides is 1. The molecule has 1 aliphatic heterocycles. The fraction of sp³-hybridized carbons (Fsp3) is 0.367. The van der Waals surface area contributed by atoms with Gasteiger partial charge in [0.05, 0.1) is 37.5 Å². The highest BCUT2D eigenvalue weighted by Gasteiger charge is 2.33. The Bertz CT molecular complexity index is 1610. The van der Waals surface area contributed by atoms with E-state index in [2.05, 4.69) is 0 Å². The second-order valence-corrected chi connectivity index (χ2v) is 12.2. The normalized spacial score (nSPS) is 14.1. The van der Waals surface area contributed by atoms with E-state index in [1.54, 1.807) is 18.2 Å². The number of hydrogen-bond acceptors (Lipinski definition) is 7. The number of carbonyl (C=O) groups excluding carboxylic acids is 1. The van der Waals surface area contributed by atoms with Crippen LogP contribution in [0.3, 0.4) is 0 Å². The van der Waals surface area contributed by atoms with Gasteiger partial charge in [0, 0.05) is 45.3 Å². The molecule has 1 amide bonds. The van der Waals surface area contributed by atoms with Crippen molar-refractivity contribution < 1.29 is 45.0 Å². The van der Waals surface area contributed by atoms with Crippen LogP contribution in [0.1, 0.15) is 21.5 Å². The van der Waals surface area contributed by atoms with Crippen LogP contribution >= 0.6 is 0 Å². The summed E-state index contributed by atoms with van der Waals surface area (Å²) in [5.41, 5.74) is -0.289. The Morgan fingerprint density at radius 3 is 2.11 bits per heavy atom. The molecule has 0 atom stereocenters. The van der Waals surface area contributed by atoms with E-state index in [0.717, 1.165) is 11.6 Å². The minimum atomic E-state index is -4.80. The predicted octanol–water partition coefficient (Wildman–Crippen LogP) is 4.70. The van der Waals surface area contributed by atoms with Crippen LogP contribution < -0.4 is 19.1 Å². The Kier molecular flexibility index (Phi) is 9.94. The largest absolute Gasteiger partial charge is 0.495 e. The zero-order valence-corrected chi connectivity index (χ0v) is 25.5. The number of nitrogens with zero attached hydrogens (tertiary/aromatic N) is 3. The summed E-state index contributed by atoms with van der Waals surface area (Å²) in [5, 5.41) is 0. The first-order valence-corrected chi connectivity index (χ1v) is 15.0. The molecule has 0 bridgehead atoms. The standard InChI is InChI=1S/C30H33F4N3O6S/c1-35(10-9-20-5-7-27(42-3)28(15-20)43-4)44(39,40)24-6-8-26(41-2)25(19-24)36-11-13-37(14-12-36)29(38)21-16-22(30(32,33)34)18-23(31)17-21/h5-8,15-19H,9-14H2,1-4H3. The number of halogens is 4. The molecule has 0 saturated carbocycles. The molecule has 0 aromatic heterocycles. The van der Waals surface area contributed by atoms with Gasteiger partial charge in [0.15, 0.2) is 11.5 Å². The van der Waals surface area contributed by atoms with Gasteiger partial charge in [0.25, 0.3) is 5.91 Å². The number of piperazine rings is 1. The van der Waals surface area contributed by atoms with Crippen molar-refractivity contribution in [1.82, 2.24) is 9.21 Å². The molecule has 0 spiro atoms. The van der Waals surface area contributed by atoms with Crippen LogP contribution in [0.4, 0.5) is 23.2 Å². The Morgan fingerprint density at radius 2 is 1.50 bits per heavy atom. The lowest BCUT2D eigenvalue weighted by molar-refractivity contribution is -0.137. The molecule has 0 radical (unpaired) electrons. The minimum Gasteiger partial charge on any atom is -0.495 e. The first kappa shape index (κ1) is 32.9. The van der Waals surface area contributed by atoms with E-state index in [9.17, 15) is 30.8 Å². The lowest BCUT2D eigenvalue weighted by Crippen LogP contribution is -2.49. The molecule has 1 heterocycles. The molecule has 4 rings (SSSR count). The predicted molar refractivity (Wildman–Crippen MR) is 156 cm³/mol. The number of rotatable bonds is 10. The zero-order valence-electron chi connectivity index (χ0n) is 24.7. The van der Waals surface area contributed by atoms with E-state index >= 15 is 0 Å². The summed E-state index contributed by atoms with van der Waals surface area (Å²) in [5.74, 6) is -0.360. The van der Waals surface area contributed by atoms with Crippen molar-refractivity contribution in [2.24, 2.45) is 0 Å². The summed E-state index contributed by atoms with van der Waals surface area (Å²) in [6.45, 7) is 0.893. The summed E-state index contributed by atoms with van der Waals surface area (Å²) in [6.07, 6.45) is -4.38. The van der Waals surface area contributed by atoms with E-state index in [4.69, 9.17) is 14.2 Å². The van der Waals surface area contributed by atoms with Gasteiger partial charge < -0.3 is 24.0 Å². The van der Waals surface area contributed by atoms with E-state index in [0.29, 0.717) is 41.5 Å². The van der Waals surface area contributed by atoms with Crippen molar-refractivity contribution in [1.29, 1.82) is 0 Å². The Balaban J connectivity index is 1.47. The van der Waals surface area contributed by atoms with Gasteiger partial charge in [0.1, 0.15) is 11.6 Å². The Labute approximate surface area is 253 Å². The van der Waals surface area contributed by atoms with E-state index in [1.807, 2.05) is 11.0 Å². The smallest absolute Gasteiger partial charge is 0.416 e. The third-order valence-electron chi connectivity index (χ3n) is 7.40. The molecule has 1 aliphatic rings. The highest BCUT2D eigenvalue weighted by Crippen LogP contribution is 2.34. The van der Waals surface area contributed by atoms with Crippen LogP contribution in [0.25, 0.3) is 0 Å². The van der Waals surface area contributed by atoms with Crippen LogP contribution in [0.2, 0.25) is 0 Å². The van der Waals surface area contributed by atoms with Crippen molar-refractivity contribution in [3.05, 3.63) is 77.1 Å². The number of likely N-dealkylation sites (N-methyl/N-ethyl adjacent to an activating group) is 1. The maximum Gasteiger partial charge on any atom is 0.416 e. The first-order chi connectivity index (χ1) is 20.8. The third-order valence-corrected chi connectivity index (χ3v) is 9.25. The van der Waals surface area contributed by atoms with E-state index < -0.39 is 39.1 Å². The molecule has 44 heavy (non-hydrogen) atoms. The van der Waals surface area contributed by atoms with Crippen LogP contribution in [-0.2, 0) is 22.6 Å². The van der Waals surface area contributed by atoms with Gasteiger partial charge in [-0.25, -0.2) is 17.1 Å². The van der Waals surface area contributed by atoms with Gasteiger partial charge in [-0.2, -0.15) is 13.2 Å². The van der Waals surface area contributed by atoms with Crippen LogP contribution in [-0.4, -0.2) is 84.6 Å². The van der Waals surface area contributed by atoms with Crippen molar-refractivity contribution >= 4 is 21.6 Å². The molecule has 9 nitrogen and oxygen atoms in total. The summed E-state index contributed by atoms with van der Waals surface area (Å²) in [6, 6.07) is 11.6. The highest BCUT2D eigenvalue weighted by molar-refractivity contribution is 7.89. The third kappa shape index (κ3) is 7.18. The van der Waals surface area contributed by atoms with Crippen LogP contribution in [0.5, 0.6) is 17.2 Å². The van der Waals surface area contributed by atoms with Crippen molar-refractivity contribution in [3.8, 4) is 17.2 Å². The molecule has 238 valence electrons. The molecule has 0 aliphatic carbocycles. The zero-order chi connectivity index (χ0) is 32.2. The lowest BCUT2D eigenvalue weighted by atomic mass is 10.1. The van der Waals surface area contributed by atoms with Gasteiger partial charge in [0.2, 0.25) is 10.0 Å². The molecule has 3 aromatic rings. The minimum absolute atomic E-state index is 0.0426. The maximum atomic E-state index is 13.9. The SMILES string of the molecule is COc1ccc(CCN(C)S(=O)(=O)c2ccc(OC)c(N3CCN(C(=O)c4cc(F)cc(C(F)(F)F)c4)CC3)c2)cc1OC. The number of benzene rings is 3. The summed E-state index contributed by atoms with van der Waals surface area (Å²) in [7, 11) is 2.09.